The second-order valence-electron chi connectivity index (χ2n) is 3.64. The van der Waals surface area contributed by atoms with E-state index < -0.39 is 0 Å². The normalized spacial score (nSPS) is 10.9. The lowest BCUT2D eigenvalue weighted by Gasteiger charge is -2.07. The lowest BCUT2D eigenvalue weighted by molar-refractivity contribution is 0.625. The molecule has 4 heteroatoms. The first-order chi connectivity index (χ1) is 6.65. The summed E-state index contributed by atoms with van der Waals surface area (Å²) in [7, 11) is 0. The summed E-state index contributed by atoms with van der Waals surface area (Å²) < 4.78 is 0. The Bertz CT molecular complexity index is 277. The van der Waals surface area contributed by atoms with Crippen molar-refractivity contribution >= 4 is 11.8 Å². The number of nitrogens with zero attached hydrogens (tertiary/aromatic N) is 2. The number of hydrogen-bond donors (Lipinski definition) is 1. The van der Waals surface area contributed by atoms with Crippen molar-refractivity contribution in [2.75, 3.05) is 6.26 Å². The lowest BCUT2D eigenvalue weighted by atomic mass is 10.1. The predicted octanol–water partition coefficient (Wildman–Crippen LogP) is 1.86. The minimum absolute atomic E-state index is 0.487. The van der Waals surface area contributed by atoms with Crippen LogP contribution >= 0.6 is 11.8 Å². The molecule has 0 aliphatic carbocycles. The first kappa shape index (κ1) is 11.5. The fourth-order valence-corrected chi connectivity index (χ4v) is 1.66. The SMILES string of the molecule is CSc1nc(CN)cc(CC(C)C)n1. The van der Waals surface area contributed by atoms with E-state index in [4.69, 9.17) is 5.73 Å². The summed E-state index contributed by atoms with van der Waals surface area (Å²) in [5.41, 5.74) is 7.60. The van der Waals surface area contributed by atoms with Crippen molar-refractivity contribution in [2.24, 2.45) is 11.7 Å². The second kappa shape index (κ2) is 5.32. The molecule has 0 saturated heterocycles. The van der Waals surface area contributed by atoms with Gasteiger partial charge >= 0.3 is 0 Å². The highest BCUT2D eigenvalue weighted by Gasteiger charge is 2.04. The summed E-state index contributed by atoms with van der Waals surface area (Å²) in [6, 6.07) is 2.00. The van der Waals surface area contributed by atoms with Crippen LogP contribution < -0.4 is 5.73 Å². The molecular formula is C10H17N3S. The van der Waals surface area contributed by atoms with Gasteiger partial charge in [-0.05, 0) is 24.7 Å². The van der Waals surface area contributed by atoms with E-state index in [0.29, 0.717) is 12.5 Å². The van der Waals surface area contributed by atoms with Gasteiger partial charge in [-0.1, -0.05) is 25.6 Å². The molecule has 0 saturated carbocycles. The molecule has 0 radical (unpaired) electrons. The second-order valence-corrected chi connectivity index (χ2v) is 4.41. The smallest absolute Gasteiger partial charge is 0.187 e. The maximum atomic E-state index is 5.57. The number of hydrogen-bond acceptors (Lipinski definition) is 4. The number of aromatic nitrogens is 2. The first-order valence-electron chi connectivity index (χ1n) is 4.76. The van der Waals surface area contributed by atoms with Gasteiger partial charge in [0.05, 0.1) is 5.69 Å². The van der Waals surface area contributed by atoms with Crippen molar-refractivity contribution in [3.63, 3.8) is 0 Å². The van der Waals surface area contributed by atoms with Crippen LogP contribution in [-0.2, 0) is 13.0 Å². The van der Waals surface area contributed by atoms with Crippen molar-refractivity contribution in [1.29, 1.82) is 0 Å². The van der Waals surface area contributed by atoms with E-state index in [-0.39, 0.29) is 0 Å². The number of nitrogens with two attached hydrogens (primary N) is 1. The largest absolute Gasteiger partial charge is 0.325 e. The molecule has 0 atom stereocenters. The van der Waals surface area contributed by atoms with Crippen molar-refractivity contribution in [3.8, 4) is 0 Å². The average Bonchev–Trinajstić information content (AvgIpc) is 2.16. The van der Waals surface area contributed by atoms with E-state index >= 15 is 0 Å². The highest BCUT2D eigenvalue weighted by molar-refractivity contribution is 7.98. The molecule has 0 spiro atoms. The highest BCUT2D eigenvalue weighted by atomic mass is 32.2. The minimum Gasteiger partial charge on any atom is -0.325 e. The minimum atomic E-state index is 0.487. The van der Waals surface area contributed by atoms with Crippen LogP contribution in [0, 0.1) is 5.92 Å². The molecule has 1 heterocycles. The maximum Gasteiger partial charge on any atom is 0.187 e. The molecule has 78 valence electrons. The topological polar surface area (TPSA) is 51.8 Å². The molecule has 3 nitrogen and oxygen atoms in total. The van der Waals surface area contributed by atoms with Crippen molar-refractivity contribution < 1.29 is 0 Å². The number of rotatable bonds is 4. The predicted molar refractivity (Wildman–Crippen MR) is 60.2 cm³/mol. The van der Waals surface area contributed by atoms with Crippen molar-refractivity contribution in [1.82, 2.24) is 9.97 Å². The van der Waals surface area contributed by atoms with Crippen LogP contribution in [-0.4, -0.2) is 16.2 Å². The molecule has 0 aliphatic heterocycles. The molecule has 1 rings (SSSR count). The van der Waals surface area contributed by atoms with Crippen molar-refractivity contribution in [3.05, 3.63) is 17.5 Å². The molecule has 0 amide bonds. The molecule has 1 aromatic heterocycles. The third-order valence-corrected chi connectivity index (χ3v) is 2.37. The van der Waals surface area contributed by atoms with E-state index in [1.807, 2.05) is 12.3 Å². The van der Waals surface area contributed by atoms with Gasteiger partial charge in [0.15, 0.2) is 5.16 Å². The Morgan fingerprint density at radius 2 is 2.00 bits per heavy atom. The summed E-state index contributed by atoms with van der Waals surface area (Å²) in [4.78, 5) is 8.74. The summed E-state index contributed by atoms with van der Waals surface area (Å²) >= 11 is 1.56. The van der Waals surface area contributed by atoms with Gasteiger partial charge in [-0.25, -0.2) is 9.97 Å². The van der Waals surface area contributed by atoms with Gasteiger partial charge < -0.3 is 5.73 Å². The zero-order valence-electron chi connectivity index (χ0n) is 8.95. The maximum absolute atomic E-state index is 5.57. The zero-order valence-corrected chi connectivity index (χ0v) is 9.77. The van der Waals surface area contributed by atoms with Crippen LogP contribution in [0.25, 0.3) is 0 Å². The average molecular weight is 211 g/mol. The van der Waals surface area contributed by atoms with Crippen molar-refractivity contribution in [2.45, 2.75) is 32.0 Å². The Labute approximate surface area is 89.5 Å². The molecule has 1 aromatic rings. The van der Waals surface area contributed by atoms with Crippen LogP contribution in [0.3, 0.4) is 0 Å². The fraction of sp³-hybridized carbons (Fsp3) is 0.600. The van der Waals surface area contributed by atoms with Crippen LogP contribution in [0.5, 0.6) is 0 Å². The van der Waals surface area contributed by atoms with Crippen LogP contribution in [0.1, 0.15) is 25.2 Å². The van der Waals surface area contributed by atoms with Crippen LogP contribution in [0.2, 0.25) is 0 Å². The summed E-state index contributed by atoms with van der Waals surface area (Å²) in [6.07, 6.45) is 2.97. The first-order valence-corrected chi connectivity index (χ1v) is 5.99. The molecule has 14 heavy (non-hydrogen) atoms. The van der Waals surface area contributed by atoms with Gasteiger partial charge in [0.25, 0.3) is 0 Å². The Kier molecular flexibility index (Phi) is 4.35. The molecule has 2 N–H and O–H groups in total. The lowest BCUT2D eigenvalue weighted by Crippen LogP contribution is -2.06. The Hall–Kier alpha value is -0.610. The zero-order chi connectivity index (χ0) is 10.6. The summed E-state index contributed by atoms with van der Waals surface area (Å²) in [5.74, 6) is 0.616. The standard InChI is InChI=1S/C10H17N3S/c1-7(2)4-8-5-9(6-11)13-10(12-8)14-3/h5,7H,4,6,11H2,1-3H3. The molecule has 0 aromatic carbocycles. The monoisotopic (exact) mass is 211 g/mol. The van der Waals surface area contributed by atoms with Crippen LogP contribution in [0.15, 0.2) is 11.2 Å². The van der Waals surface area contributed by atoms with Gasteiger partial charge in [-0.2, -0.15) is 0 Å². The highest BCUT2D eigenvalue weighted by Crippen LogP contribution is 2.13. The van der Waals surface area contributed by atoms with Gasteiger partial charge in [0, 0.05) is 12.2 Å². The van der Waals surface area contributed by atoms with E-state index in [9.17, 15) is 0 Å². The van der Waals surface area contributed by atoms with Gasteiger partial charge in [-0.15, -0.1) is 0 Å². The Balaban J connectivity index is 2.92. The molecule has 0 bridgehead atoms. The molecule has 0 fully saturated rings. The summed E-state index contributed by atoms with van der Waals surface area (Å²) in [5, 5.41) is 0.823. The molecular weight excluding hydrogens is 194 g/mol. The van der Waals surface area contributed by atoms with Gasteiger partial charge in [0.2, 0.25) is 0 Å². The number of thioether (sulfide) groups is 1. The van der Waals surface area contributed by atoms with E-state index in [1.165, 1.54) is 0 Å². The van der Waals surface area contributed by atoms with E-state index in [2.05, 4.69) is 23.8 Å². The molecule has 0 unspecified atom stereocenters. The van der Waals surface area contributed by atoms with E-state index in [0.717, 1.165) is 23.0 Å². The third-order valence-electron chi connectivity index (χ3n) is 1.82. The third kappa shape index (κ3) is 3.27. The fourth-order valence-electron chi connectivity index (χ4n) is 1.25. The molecule has 0 aliphatic rings. The van der Waals surface area contributed by atoms with E-state index in [1.54, 1.807) is 11.8 Å². The summed E-state index contributed by atoms with van der Waals surface area (Å²) in [6.45, 7) is 4.85. The Morgan fingerprint density at radius 3 is 2.50 bits per heavy atom. The Morgan fingerprint density at radius 1 is 1.36 bits per heavy atom. The van der Waals surface area contributed by atoms with Crippen LogP contribution in [0.4, 0.5) is 0 Å². The van der Waals surface area contributed by atoms with Gasteiger partial charge in [0.1, 0.15) is 0 Å². The quantitative estimate of drug-likeness (QED) is 0.610. The van der Waals surface area contributed by atoms with Gasteiger partial charge in [-0.3, -0.25) is 0 Å².